The van der Waals surface area contributed by atoms with Crippen LogP contribution in [0.1, 0.15) is 23.2 Å². The summed E-state index contributed by atoms with van der Waals surface area (Å²) in [7, 11) is 1.96. The van der Waals surface area contributed by atoms with E-state index in [0.29, 0.717) is 5.96 Å². The Morgan fingerprint density at radius 3 is 1.95 bits per heavy atom. The van der Waals surface area contributed by atoms with Crippen molar-refractivity contribution in [3.63, 3.8) is 0 Å². The first-order valence-corrected chi connectivity index (χ1v) is 7.60. The van der Waals surface area contributed by atoms with Crippen molar-refractivity contribution >= 4 is 5.96 Å². The lowest BCUT2D eigenvalue weighted by atomic mass is 9.93. The predicted molar refractivity (Wildman–Crippen MR) is 89.6 cm³/mol. The van der Waals surface area contributed by atoms with Crippen LogP contribution in [-0.4, -0.2) is 35.9 Å². The van der Waals surface area contributed by atoms with Crippen molar-refractivity contribution in [1.29, 1.82) is 5.41 Å². The molecule has 1 fully saturated rings. The number of nitrogens with zero attached hydrogens (tertiary/aromatic N) is 2. The second kappa shape index (κ2) is 6.20. The van der Waals surface area contributed by atoms with Gasteiger partial charge in [0.2, 0.25) is 0 Å². The average molecular weight is 294 g/mol. The largest absolute Gasteiger partial charge is 0.344 e. The third-order valence-electron chi connectivity index (χ3n) is 4.31. The molecular formula is C18H22N4. The number of nitrogens with two attached hydrogens (primary N) is 1. The fourth-order valence-electron chi connectivity index (χ4n) is 3.05. The molecule has 0 unspecified atom stereocenters. The average Bonchev–Trinajstić information content (AvgIpc) is 2.89. The highest BCUT2D eigenvalue weighted by molar-refractivity contribution is 5.79. The molecule has 3 rings (SSSR count). The topological polar surface area (TPSA) is 56.4 Å². The number of guanidine groups is 1. The van der Waals surface area contributed by atoms with Crippen LogP contribution in [0, 0.1) is 5.41 Å². The molecule has 0 aliphatic carbocycles. The summed E-state index contributed by atoms with van der Waals surface area (Å²) in [6, 6.07) is 20.2. The third kappa shape index (κ3) is 2.70. The van der Waals surface area contributed by atoms with E-state index in [-0.39, 0.29) is 12.1 Å². The van der Waals surface area contributed by atoms with Gasteiger partial charge in [0, 0.05) is 20.1 Å². The molecule has 114 valence electrons. The Morgan fingerprint density at radius 2 is 1.45 bits per heavy atom. The normalized spacial score (nSPS) is 17.6. The van der Waals surface area contributed by atoms with Gasteiger partial charge < -0.3 is 15.5 Å². The summed E-state index contributed by atoms with van der Waals surface area (Å²) in [5.41, 5.74) is 8.85. The quantitative estimate of drug-likeness (QED) is 0.911. The second-order valence-corrected chi connectivity index (χ2v) is 5.73. The zero-order valence-electron chi connectivity index (χ0n) is 12.8. The minimum atomic E-state index is -0.171. The highest BCUT2D eigenvalue weighted by Gasteiger charge is 2.34. The molecule has 4 heteroatoms. The smallest absolute Gasteiger partial charge is 0.194 e. The van der Waals surface area contributed by atoms with Crippen LogP contribution < -0.4 is 5.73 Å². The molecule has 1 aliphatic heterocycles. The Kier molecular flexibility index (Phi) is 4.11. The van der Waals surface area contributed by atoms with Crippen LogP contribution in [0.25, 0.3) is 0 Å². The lowest BCUT2D eigenvalue weighted by molar-refractivity contribution is 0.297. The van der Waals surface area contributed by atoms with Gasteiger partial charge in [0.15, 0.2) is 5.96 Å². The summed E-state index contributed by atoms with van der Waals surface area (Å²) in [5.74, 6) is 0.542. The van der Waals surface area contributed by atoms with Crippen molar-refractivity contribution in [3.8, 4) is 0 Å². The molecule has 0 radical (unpaired) electrons. The molecule has 0 spiro atoms. The molecule has 0 saturated carbocycles. The molecule has 2 aromatic carbocycles. The van der Waals surface area contributed by atoms with E-state index in [1.165, 1.54) is 0 Å². The fraction of sp³-hybridized carbons (Fsp3) is 0.278. The molecule has 1 aliphatic rings. The Labute approximate surface area is 131 Å². The number of hydrogen-bond donors (Lipinski definition) is 2. The van der Waals surface area contributed by atoms with Gasteiger partial charge in [0.1, 0.15) is 0 Å². The van der Waals surface area contributed by atoms with E-state index >= 15 is 0 Å². The van der Waals surface area contributed by atoms with Crippen molar-refractivity contribution < 1.29 is 0 Å². The van der Waals surface area contributed by atoms with Crippen LogP contribution in [-0.2, 0) is 0 Å². The van der Waals surface area contributed by atoms with Gasteiger partial charge in [-0.3, -0.25) is 5.41 Å². The first-order chi connectivity index (χ1) is 10.7. The van der Waals surface area contributed by atoms with Gasteiger partial charge in [0.05, 0.1) is 12.1 Å². The Morgan fingerprint density at radius 1 is 0.909 bits per heavy atom. The Bertz CT molecular complexity index is 626. The highest BCUT2D eigenvalue weighted by atomic mass is 15.4. The van der Waals surface area contributed by atoms with E-state index in [9.17, 15) is 0 Å². The van der Waals surface area contributed by atoms with Crippen LogP contribution in [0.3, 0.4) is 0 Å². The highest BCUT2D eigenvalue weighted by Crippen LogP contribution is 2.34. The maximum absolute atomic E-state index is 8.34. The summed E-state index contributed by atoms with van der Waals surface area (Å²) >= 11 is 0. The molecule has 2 atom stereocenters. The molecule has 0 amide bonds. The number of nitrogens with one attached hydrogen (secondary N) is 1. The number of benzene rings is 2. The van der Waals surface area contributed by atoms with E-state index in [4.69, 9.17) is 11.1 Å². The summed E-state index contributed by atoms with van der Waals surface area (Å²) in [5, 5.41) is 8.34. The molecule has 1 saturated heterocycles. The van der Waals surface area contributed by atoms with Gasteiger partial charge in [-0.1, -0.05) is 60.7 Å². The molecule has 1 heterocycles. The maximum Gasteiger partial charge on any atom is 0.194 e. The standard InChI is InChI=1S/C18H22N4/c1-21-12-13-22(18(21)20)17(15-10-6-3-7-11-15)16(19)14-8-4-2-5-9-14/h2-11,16-17,20H,12-13,19H2,1H3/t16-,17-/m0/s1. The van der Waals surface area contributed by atoms with Crippen LogP contribution in [0.4, 0.5) is 0 Å². The maximum atomic E-state index is 8.34. The van der Waals surface area contributed by atoms with Crippen molar-refractivity contribution in [2.75, 3.05) is 20.1 Å². The van der Waals surface area contributed by atoms with E-state index in [1.54, 1.807) is 0 Å². The van der Waals surface area contributed by atoms with E-state index < -0.39 is 0 Å². The molecule has 3 N–H and O–H groups in total. The van der Waals surface area contributed by atoms with Crippen molar-refractivity contribution in [1.82, 2.24) is 9.80 Å². The molecule has 0 aromatic heterocycles. The van der Waals surface area contributed by atoms with Crippen molar-refractivity contribution in [3.05, 3.63) is 71.8 Å². The number of likely N-dealkylation sites (N-methyl/N-ethyl adjacent to an activating group) is 1. The lowest BCUT2D eigenvalue weighted by Gasteiger charge is -2.34. The second-order valence-electron chi connectivity index (χ2n) is 5.73. The molecular weight excluding hydrogens is 272 g/mol. The zero-order valence-corrected chi connectivity index (χ0v) is 12.8. The number of hydrogen-bond acceptors (Lipinski definition) is 2. The first kappa shape index (κ1) is 14.6. The summed E-state index contributed by atoms with van der Waals surface area (Å²) in [6.07, 6.45) is 0. The molecule has 4 nitrogen and oxygen atoms in total. The molecule has 0 bridgehead atoms. The fourth-order valence-corrected chi connectivity index (χ4v) is 3.05. The van der Waals surface area contributed by atoms with Gasteiger partial charge in [-0.25, -0.2) is 0 Å². The first-order valence-electron chi connectivity index (χ1n) is 7.60. The monoisotopic (exact) mass is 294 g/mol. The van der Waals surface area contributed by atoms with Crippen LogP contribution >= 0.6 is 0 Å². The minimum Gasteiger partial charge on any atom is -0.344 e. The SMILES string of the molecule is CN1CCN([C@@H](c2ccccc2)[C@@H](N)c2ccccc2)C1=N. The number of rotatable bonds is 4. The Balaban J connectivity index is 1.98. The lowest BCUT2D eigenvalue weighted by Crippen LogP contribution is -2.39. The molecule has 2 aromatic rings. The van der Waals surface area contributed by atoms with Gasteiger partial charge in [0.25, 0.3) is 0 Å². The van der Waals surface area contributed by atoms with Gasteiger partial charge in [-0.15, -0.1) is 0 Å². The van der Waals surface area contributed by atoms with Crippen molar-refractivity contribution in [2.45, 2.75) is 12.1 Å². The zero-order chi connectivity index (χ0) is 15.5. The Hall–Kier alpha value is -2.33. The molecule has 22 heavy (non-hydrogen) atoms. The van der Waals surface area contributed by atoms with Gasteiger partial charge in [-0.2, -0.15) is 0 Å². The predicted octanol–water partition coefficient (Wildman–Crippen LogP) is 2.61. The minimum absolute atomic E-state index is 0.0268. The van der Waals surface area contributed by atoms with Crippen LogP contribution in [0.5, 0.6) is 0 Å². The third-order valence-corrected chi connectivity index (χ3v) is 4.31. The van der Waals surface area contributed by atoms with E-state index in [0.717, 1.165) is 24.2 Å². The summed E-state index contributed by atoms with van der Waals surface area (Å²) in [6.45, 7) is 1.69. The van der Waals surface area contributed by atoms with Crippen molar-refractivity contribution in [2.24, 2.45) is 5.73 Å². The van der Waals surface area contributed by atoms with Crippen LogP contribution in [0.2, 0.25) is 0 Å². The summed E-state index contributed by atoms with van der Waals surface area (Å²) < 4.78 is 0. The van der Waals surface area contributed by atoms with E-state index in [1.807, 2.05) is 48.3 Å². The summed E-state index contributed by atoms with van der Waals surface area (Å²) in [4.78, 5) is 4.07. The van der Waals surface area contributed by atoms with E-state index in [2.05, 4.69) is 29.2 Å². The van der Waals surface area contributed by atoms with Gasteiger partial charge in [-0.05, 0) is 11.1 Å². The van der Waals surface area contributed by atoms with Crippen LogP contribution in [0.15, 0.2) is 60.7 Å². The van der Waals surface area contributed by atoms with Gasteiger partial charge >= 0.3 is 0 Å².